The highest BCUT2D eigenvalue weighted by molar-refractivity contribution is 5.85. The number of alkyl halides is 3. The maximum absolute atomic E-state index is 12.7. The lowest BCUT2D eigenvalue weighted by atomic mass is 10.2. The van der Waals surface area contributed by atoms with Crippen molar-refractivity contribution in [3.05, 3.63) is 42.1 Å². The van der Waals surface area contributed by atoms with Gasteiger partial charge in [-0.1, -0.05) is 0 Å². The van der Waals surface area contributed by atoms with E-state index in [1.54, 1.807) is 32.9 Å². The highest BCUT2D eigenvalue weighted by atomic mass is 35.5. The van der Waals surface area contributed by atoms with E-state index in [4.69, 9.17) is 24.7 Å². The summed E-state index contributed by atoms with van der Waals surface area (Å²) in [4.78, 5) is 15.6. The van der Waals surface area contributed by atoms with Gasteiger partial charge in [0.2, 0.25) is 5.88 Å². The average molecular weight is 465 g/mol. The molecule has 0 bridgehead atoms. The quantitative estimate of drug-likeness (QED) is 0.354. The van der Waals surface area contributed by atoms with E-state index >= 15 is 0 Å². The standard InChI is InChI=1S/C20H23F3N2O5.ClH/c1-19(2,3)30-18(26)12-29-16-11-14(24)4-5-15(16)27-8-9-28-17-10-13(6-7-25-17)20(21,22)23;/h4-7,10-11H,8-9,12,24H2,1-3H3;1H. The largest absolute Gasteiger partial charge is 0.486 e. The van der Waals surface area contributed by atoms with E-state index < -0.39 is 23.3 Å². The highest BCUT2D eigenvalue weighted by Crippen LogP contribution is 2.31. The number of anilines is 1. The van der Waals surface area contributed by atoms with Crippen molar-refractivity contribution < 1.29 is 36.9 Å². The van der Waals surface area contributed by atoms with Crippen LogP contribution in [0.1, 0.15) is 26.3 Å². The van der Waals surface area contributed by atoms with Crippen LogP contribution >= 0.6 is 12.4 Å². The van der Waals surface area contributed by atoms with Crippen molar-refractivity contribution in [2.24, 2.45) is 0 Å². The van der Waals surface area contributed by atoms with Crippen LogP contribution in [-0.4, -0.2) is 36.4 Å². The number of hydrogen-bond donors (Lipinski definition) is 1. The number of carbonyl (C=O) groups excluding carboxylic acids is 1. The molecule has 2 rings (SSSR count). The molecule has 0 saturated carbocycles. The Labute approximate surface area is 184 Å². The van der Waals surface area contributed by atoms with E-state index in [2.05, 4.69) is 4.98 Å². The van der Waals surface area contributed by atoms with Crippen LogP contribution < -0.4 is 19.9 Å². The summed E-state index contributed by atoms with van der Waals surface area (Å²) in [5.41, 5.74) is 4.63. The van der Waals surface area contributed by atoms with Gasteiger partial charge in [-0.2, -0.15) is 13.2 Å². The van der Waals surface area contributed by atoms with Gasteiger partial charge in [0.25, 0.3) is 0 Å². The monoisotopic (exact) mass is 464 g/mol. The van der Waals surface area contributed by atoms with E-state index in [1.807, 2.05) is 0 Å². The van der Waals surface area contributed by atoms with Crippen LogP contribution in [0.5, 0.6) is 17.4 Å². The molecule has 1 aromatic heterocycles. The predicted molar refractivity (Wildman–Crippen MR) is 110 cm³/mol. The van der Waals surface area contributed by atoms with Crippen molar-refractivity contribution in [3.8, 4) is 17.4 Å². The fourth-order valence-electron chi connectivity index (χ4n) is 2.23. The zero-order valence-electron chi connectivity index (χ0n) is 17.2. The molecule has 172 valence electrons. The van der Waals surface area contributed by atoms with Gasteiger partial charge in [-0.25, -0.2) is 9.78 Å². The summed E-state index contributed by atoms with van der Waals surface area (Å²) < 4.78 is 59.5. The van der Waals surface area contributed by atoms with Gasteiger partial charge >= 0.3 is 12.1 Å². The van der Waals surface area contributed by atoms with Crippen molar-refractivity contribution >= 4 is 24.1 Å². The van der Waals surface area contributed by atoms with Gasteiger partial charge in [0, 0.05) is 24.0 Å². The van der Waals surface area contributed by atoms with Gasteiger partial charge in [-0.3, -0.25) is 0 Å². The molecule has 0 radical (unpaired) electrons. The second-order valence-electron chi connectivity index (χ2n) is 7.16. The number of rotatable bonds is 8. The first kappa shape index (κ1) is 26.2. The maximum Gasteiger partial charge on any atom is 0.416 e. The molecule has 7 nitrogen and oxygen atoms in total. The summed E-state index contributed by atoms with van der Waals surface area (Å²) >= 11 is 0. The van der Waals surface area contributed by atoms with Gasteiger partial charge in [0.05, 0.1) is 5.56 Å². The number of pyridine rings is 1. The molecular weight excluding hydrogens is 441 g/mol. The number of nitrogen functional groups attached to an aromatic ring is 1. The molecule has 0 spiro atoms. The van der Waals surface area contributed by atoms with Gasteiger partial charge < -0.3 is 24.7 Å². The van der Waals surface area contributed by atoms with Crippen LogP contribution in [0, 0.1) is 0 Å². The highest BCUT2D eigenvalue weighted by Gasteiger charge is 2.31. The zero-order valence-corrected chi connectivity index (χ0v) is 18.0. The topological polar surface area (TPSA) is 92.9 Å². The maximum atomic E-state index is 12.7. The molecule has 2 N–H and O–H groups in total. The van der Waals surface area contributed by atoms with Crippen molar-refractivity contribution in [2.45, 2.75) is 32.5 Å². The summed E-state index contributed by atoms with van der Waals surface area (Å²) in [7, 11) is 0. The molecule has 11 heteroatoms. The number of benzene rings is 1. The number of nitrogens with zero attached hydrogens (tertiary/aromatic N) is 1. The third kappa shape index (κ3) is 9.20. The number of carbonyl (C=O) groups is 1. The molecule has 0 aliphatic carbocycles. The molecule has 0 fully saturated rings. The molecular formula is C20H24ClF3N2O5. The van der Waals surface area contributed by atoms with E-state index in [0.29, 0.717) is 5.69 Å². The number of aromatic nitrogens is 1. The molecule has 0 unspecified atom stereocenters. The van der Waals surface area contributed by atoms with Crippen molar-refractivity contribution in [3.63, 3.8) is 0 Å². The third-order valence-corrected chi connectivity index (χ3v) is 3.39. The summed E-state index contributed by atoms with van der Waals surface area (Å²) in [6, 6.07) is 6.26. The van der Waals surface area contributed by atoms with Crippen molar-refractivity contribution in [1.29, 1.82) is 0 Å². The first-order valence-electron chi connectivity index (χ1n) is 8.97. The number of ether oxygens (including phenoxy) is 4. The van der Waals surface area contributed by atoms with E-state index in [1.165, 1.54) is 6.07 Å². The number of halogens is 4. The van der Waals surface area contributed by atoms with Crippen LogP contribution in [0.4, 0.5) is 18.9 Å². The lowest BCUT2D eigenvalue weighted by Gasteiger charge is -2.20. The first-order valence-corrected chi connectivity index (χ1v) is 8.97. The molecule has 2 aromatic rings. The Hall–Kier alpha value is -2.88. The van der Waals surface area contributed by atoms with E-state index in [-0.39, 0.29) is 49.6 Å². The van der Waals surface area contributed by atoms with Crippen LogP contribution in [0.25, 0.3) is 0 Å². The first-order chi connectivity index (χ1) is 13.9. The molecule has 0 aliphatic heterocycles. The molecule has 1 aromatic carbocycles. The lowest BCUT2D eigenvalue weighted by Crippen LogP contribution is -2.27. The van der Waals surface area contributed by atoms with Gasteiger partial charge in [0.15, 0.2) is 18.1 Å². The van der Waals surface area contributed by atoms with Gasteiger partial charge in [-0.15, -0.1) is 12.4 Å². The van der Waals surface area contributed by atoms with Gasteiger partial charge in [-0.05, 0) is 39.0 Å². The summed E-state index contributed by atoms with van der Waals surface area (Å²) in [6.07, 6.45) is -3.47. The Bertz CT molecular complexity index is 873. The minimum Gasteiger partial charge on any atom is -0.486 e. The summed E-state index contributed by atoms with van der Waals surface area (Å²) in [5.74, 6) is -0.228. The van der Waals surface area contributed by atoms with Crippen LogP contribution in [0.3, 0.4) is 0 Å². The molecule has 0 amide bonds. The normalized spacial score (nSPS) is 11.3. The minimum atomic E-state index is -4.48. The van der Waals surface area contributed by atoms with Crippen LogP contribution in [0.2, 0.25) is 0 Å². The van der Waals surface area contributed by atoms with E-state index in [9.17, 15) is 18.0 Å². The Morgan fingerprint density at radius 2 is 1.68 bits per heavy atom. The fourth-order valence-corrected chi connectivity index (χ4v) is 2.23. The van der Waals surface area contributed by atoms with Crippen LogP contribution in [-0.2, 0) is 15.7 Å². The number of hydrogen-bond acceptors (Lipinski definition) is 7. The number of nitrogens with two attached hydrogens (primary N) is 1. The lowest BCUT2D eigenvalue weighted by molar-refractivity contribution is -0.157. The Morgan fingerprint density at radius 1 is 1.00 bits per heavy atom. The molecule has 0 aliphatic rings. The van der Waals surface area contributed by atoms with E-state index in [0.717, 1.165) is 18.3 Å². The second-order valence-corrected chi connectivity index (χ2v) is 7.16. The number of esters is 1. The van der Waals surface area contributed by atoms with Crippen LogP contribution in [0.15, 0.2) is 36.5 Å². The Kier molecular flexibility index (Phi) is 9.23. The Morgan fingerprint density at radius 3 is 2.32 bits per heavy atom. The molecule has 0 atom stereocenters. The van der Waals surface area contributed by atoms with Gasteiger partial charge in [0.1, 0.15) is 18.8 Å². The van der Waals surface area contributed by atoms with Crippen molar-refractivity contribution in [2.75, 3.05) is 25.6 Å². The molecule has 1 heterocycles. The second kappa shape index (κ2) is 10.9. The zero-order chi connectivity index (χ0) is 22.4. The fraction of sp³-hybridized carbons (Fsp3) is 0.400. The third-order valence-electron chi connectivity index (χ3n) is 3.39. The predicted octanol–water partition coefficient (Wildman–Crippen LogP) is 4.28. The SMILES string of the molecule is CC(C)(C)OC(=O)COc1cc(N)ccc1OCCOc1cc(C(F)(F)F)ccn1.Cl. The minimum absolute atomic E-state index is 0. The van der Waals surface area contributed by atoms with Crippen molar-refractivity contribution in [1.82, 2.24) is 4.98 Å². The average Bonchev–Trinajstić information content (AvgIpc) is 2.63. The smallest absolute Gasteiger partial charge is 0.416 e. The summed E-state index contributed by atoms with van der Waals surface area (Å²) in [6.45, 7) is 4.79. The molecule has 31 heavy (non-hydrogen) atoms. The summed E-state index contributed by atoms with van der Waals surface area (Å²) in [5, 5.41) is 0. The Balaban J connectivity index is 0.00000480. The molecule has 0 saturated heterocycles.